The molecule has 0 aromatic heterocycles. The number of dihydropyridines is 1. The lowest BCUT2D eigenvalue weighted by molar-refractivity contribution is -0.384. The van der Waals surface area contributed by atoms with Gasteiger partial charge in [-0.3, -0.25) is 14.9 Å². The second kappa shape index (κ2) is 8.50. The van der Waals surface area contributed by atoms with E-state index in [4.69, 9.17) is 9.47 Å². The van der Waals surface area contributed by atoms with E-state index >= 15 is 0 Å². The van der Waals surface area contributed by atoms with Crippen LogP contribution >= 0.6 is 0 Å². The van der Waals surface area contributed by atoms with Gasteiger partial charge in [0.05, 0.1) is 30.8 Å². The highest BCUT2D eigenvalue weighted by Gasteiger charge is 2.39. The van der Waals surface area contributed by atoms with Crippen LogP contribution in [-0.4, -0.2) is 50.1 Å². The monoisotopic (exact) mass is 427 g/mol. The Hall–Kier alpha value is -3.20. The first-order valence-corrected chi connectivity index (χ1v) is 10.4. The number of nitro benzene ring substituents is 1. The number of anilines is 1. The van der Waals surface area contributed by atoms with Crippen molar-refractivity contribution in [3.8, 4) is 0 Å². The number of allylic oxidation sites excluding steroid dienone is 3. The van der Waals surface area contributed by atoms with Gasteiger partial charge in [0.25, 0.3) is 5.69 Å². The lowest BCUT2D eigenvalue weighted by atomic mass is 9.75. The largest absolute Gasteiger partial charge is 0.466 e. The number of ketones is 1. The molecule has 0 unspecified atom stereocenters. The third kappa shape index (κ3) is 3.81. The zero-order chi connectivity index (χ0) is 22.1. The first-order valence-electron chi connectivity index (χ1n) is 10.4. The first kappa shape index (κ1) is 21.0. The molecule has 0 spiro atoms. The van der Waals surface area contributed by atoms with Gasteiger partial charge in [-0.05, 0) is 31.4 Å². The molecule has 1 aliphatic carbocycles. The highest BCUT2D eigenvalue weighted by molar-refractivity contribution is 6.03. The molecule has 0 radical (unpaired) electrons. The van der Waals surface area contributed by atoms with Gasteiger partial charge in [0.15, 0.2) is 5.78 Å². The predicted octanol–water partition coefficient (Wildman–Crippen LogP) is 2.57. The Balaban J connectivity index is 1.86. The van der Waals surface area contributed by atoms with E-state index in [1.54, 1.807) is 19.1 Å². The molecule has 3 aliphatic rings. The number of benzene rings is 1. The van der Waals surface area contributed by atoms with Crippen LogP contribution in [0.25, 0.3) is 0 Å². The molecule has 164 valence electrons. The van der Waals surface area contributed by atoms with E-state index in [2.05, 4.69) is 5.32 Å². The van der Waals surface area contributed by atoms with Gasteiger partial charge in [-0.25, -0.2) is 4.79 Å². The molecule has 0 amide bonds. The van der Waals surface area contributed by atoms with E-state index < -0.39 is 16.8 Å². The number of carbonyl (C=O) groups excluding carboxylic acids is 2. The Labute approximate surface area is 179 Å². The van der Waals surface area contributed by atoms with Crippen LogP contribution in [0.1, 0.15) is 37.7 Å². The summed E-state index contributed by atoms with van der Waals surface area (Å²) in [6.45, 7) is 3.90. The zero-order valence-corrected chi connectivity index (χ0v) is 17.6. The van der Waals surface area contributed by atoms with E-state index in [0.29, 0.717) is 67.2 Å². The highest BCUT2D eigenvalue weighted by Crippen LogP contribution is 2.44. The summed E-state index contributed by atoms with van der Waals surface area (Å²) in [5.74, 6) is -1.30. The molecule has 4 rings (SSSR count). The van der Waals surface area contributed by atoms with Crippen LogP contribution in [-0.2, 0) is 19.1 Å². The normalized spacial score (nSPS) is 21.5. The number of rotatable bonds is 4. The van der Waals surface area contributed by atoms with Crippen LogP contribution in [0.2, 0.25) is 0 Å². The van der Waals surface area contributed by atoms with Crippen LogP contribution in [0.15, 0.2) is 40.7 Å². The topological polar surface area (TPSA) is 111 Å². The lowest BCUT2D eigenvalue weighted by Crippen LogP contribution is -2.36. The van der Waals surface area contributed by atoms with E-state index in [1.807, 2.05) is 4.90 Å². The van der Waals surface area contributed by atoms with E-state index in [1.165, 1.54) is 13.2 Å². The van der Waals surface area contributed by atoms with Gasteiger partial charge in [-0.1, -0.05) is 6.07 Å². The number of nitro groups is 1. The molecule has 1 N–H and O–H groups in total. The fourth-order valence-electron chi connectivity index (χ4n) is 4.64. The minimum Gasteiger partial charge on any atom is -0.466 e. The maximum Gasteiger partial charge on any atom is 0.336 e. The second-order valence-electron chi connectivity index (χ2n) is 7.86. The molecule has 1 saturated heterocycles. The molecule has 1 aromatic carbocycles. The molecule has 2 heterocycles. The van der Waals surface area contributed by atoms with Crippen molar-refractivity contribution < 1.29 is 24.0 Å². The molecular weight excluding hydrogens is 402 g/mol. The smallest absolute Gasteiger partial charge is 0.336 e. The van der Waals surface area contributed by atoms with Gasteiger partial charge in [-0.2, -0.15) is 0 Å². The number of nitrogens with one attached hydrogen (secondary N) is 1. The SMILES string of the molecule is COC(=O)C1=C(C)NC2=C(C(=O)CCC2)[C@H]1c1ccc(N2CCOCC2)c([N+](=O)[O-])c1. The summed E-state index contributed by atoms with van der Waals surface area (Å²) in [6.07, 6.45) is 1.81. The van der Waals surface area contributed by atoms with Crippen molar-refractivity contribution in [2.24, 2.45) is 0 Å². The number of hydrogen-bond donors (Lipinski definition) is 1. The minimum absolute atomic E-state index is 0.0486. The maximum absolute atomic E-state index is 12.9. The van der Waals surface area contributed by atoms with Gasteiger partial charge in [0.1, 0.15) is 5.69 Å². The summed E-state index contributed by atoms with van der Waals surface area (Å²) in [5, 5.41) is 15.1. The minimum atomic E-state index is -0.700. The van der Waals surface area contributed by atoms with Crippen LogP contribution in [0.5, 0.6) is 0 Å². The Kier molecular flexibility index (Phi) is 5.77. The fraction of sp³-hybridized carbons (Fsp3) is 0.455. The standard InChI is InChI=1S/C22H25N3O6/c1-13-19(22(27)30-2)20(21-15(23-13)4-3-5-18(21)26)14-6-7-16(17(12-14)25(28)29)24-8-10-31-11-9-24/h6-7,12,20,23H,3-5,8-11H2,1-2H3/t20-/m0/s1. The number of esters is 1. The van der Waals surface area contributed by atoms with E-state index in [0.717, 1.165) is 12.1 Å². The van der Waals surface area contributed by atoms with Gasteiger partial charge in [0.2, 0.25) is 0 Å². The van der Waals surface area contributed by atoms with E-state index in [-0.39, 0.29) is 11.5 Å². The lowest BCUT2D eigenvalue weighted by Gasteiger charge is -2.34. The van der Waals surface area contributed by atoms with Crippen LogP contribution in [0, 0.1) is 10.1 Å². The maximum atomic E-state index is 12.9. The van der Waals surface area contributed by atoms with Crippen molar-refractivity contribution in [2.45, 2.75) is 32.1 Å². The van der Waals surface area contributed by atoms with E-state index in [9.17, 15) is 19.7 Å². The van der Waals surface area contributed by atoms with Crippen molar-refractivity contribution in [3.63, 3.8) is 0 Å². The highest BCUT2D eigenvalue weighted by atomic mass is 16.6. The Morgan fingerprint density at radius 3 is 2.71 bits per heavy atom. The molecular formula is C22H25N3O6. The summed E-state index contributed by atoms with van der Waals surface area (Å²) in [4.78, 5) is 39.0. The predicted molar refractivity (Wildman–Crippen MR) is 113 cm³/mol. The molecule has 1 fully saturated rings. The number of morpholine rings is 1. The number of Topliss-reactive ketones (excluding diaryl/α,β-unsaturated/α-hetero) is 1. The molecule has 31 heavy (non-hydrogen) atoms. The average Bonchev–Trinajstić information content (AvgIpc) is 2.78. The van der Waals surface area contributed by atoms with Crippen LogP contribution in [0.4, 0.5) is 11.4 Å². The summed E-state index contributed by atoms with van der Waals surface area (Å²) < 4.78 is 10.4. The van der Waals surface area contributed by atoms with Crippen LogP contribution < -0.4 is 10.2 Å². The third-order valence-electron chi connectivity index (χ3n) is 6.06. The Morgan fingerprint density at radius 1 is 1.29 bits per heavy atom. The molecule has 2 aliphatic heterocycles. The van der Waals surface area contributed by atoms with Gasteiger partial charge >= 0.3 is 5.97 Å². The number of ether oxygens (including phenoxy) is 2. The fourth-order valence-corrected chi connectivity index (χ4v) is 4.64. The molecule has 9 nitrogen and oxygen atoms in total. The first-order chi connectivity index (χ1) is 14.9. The summed E-state index contributed by atoms with van der Waals surface area (Å²) in [6, 6.07) is 4.97. The van der Waals surface area contributed by atoms with Crippen molar-refractivity contribution in [1.82, 2.24) is 5.32 Å². The average molecular weight is 427 g/mol. The number of carbonyl (C=O) groups is 2. The summed E-state index contributed by atoms with van der Waals surface area (Å²) in [5.41, 5.74) is 3.19. The van der Waals surface area contributed by atoms with Gasteiger partial charge < -0.3 is 19.7 Å². The molecule has 0 saturated carbocycles. The van der Waals surface area contributed by atoms with Crippen molar-refractivity contribution in [2.75, 3.05) is 38.3 Å². The van der Waals surface area contributed by atoms with Crippen LogP contribution in [0.3, 0.4) is 0 Å². The summed E-state index contributed by atoms with van der Waals surface area (Å²) in [7, 11) is 1.29. The van der Waals surface area contributed by atoms with Crippen molar-refractivity contribution in [3.05, 3.63) is 56.4 Å². The molecule has 9 heteroatoms. The quantitative estimate of drug-likeness (QED) is 0.443. The number of nitrogens with zero attached hydrogens (tertiary/aromatic N) is 2. The summed E-state index contributed by atoms with van der Waals surface area (Å²) >= 11 is 0. The van der Waals surface area contributed by atoms with Crippen molar-refractivity contribution >= 4 is 23.1 Å². The zero-order valence-electron chi connectivity index (χ0n) is 17.6. The Morgan fingerprint density at radius 2 is 2.03 bits per heavy atom. The number of hydrogen-bond acceptors (Lipinski definition) is 8. The molecule has 1 aromatic rings. The molecule has 1 atom stereocenters. The number of methoxy groups -OCH3 is 1. The third-order valence-corrected chi connectivity index (χ3v) is 6.06. The van der Waals surface area contributed by atoms with Gasteiger partial charge in [0, 0.05) is 48.5 Å². The Bertz CT molecular complexity index is 1010. The molecule has 0 bridgehead atoms. The second-order valence-corrected chi connectivity index (χ2v) is 7.86. The van der Waals surface area contributed by atoms with Crippen molar-refractivity contribution in [1.29, 1.82) is 0 Å². The van der Waals surface area contributed by atoms with Gasteiger partial charge in [-0.15, -0.1) is 0 Å².